The molecule has 134 valence electrons. The van der Waals surface area contributed by atoms with Crippen LogP contribution in [-0.4, -0.2) is 46.5 Å². The van der Waals surface area contributed by atoms with Crippen LogP contribution in [0, 0.1) is 5.82 Å². The lowest BCUT2D eigenvalue weighted by molar-refractivity contribution is 0.280. The Kier molecular flexibility index (Phi) is 5.88. The van der Waals surface area contributed by atoms with Crippen molar-refractivity contribution in [3.63, 3.8) is 0 Å². The fourth-order valence-corrected chi connectivity index (χ4v) is 2.78. The molecule has 6 heteroatoms. The molecule has 0 radical (unpaired) electrons. The van der Waals surface area contributed by atoms with E-state index in [2.05, 4.69) is 9.97 Å². The normalized spacial score (nSPS) is 10.7. The zero-order valence-electron chi connectivity index (χ0n) is 14.2. The molecule has 2 N–H and O–H groups in total. The van der Waals surface area contributed by atoms with E-state index in [0.717, 1.165) is 5.56 Å². The second-order valence-electron chi connectivity index (χ2n) is 5.73. The third-order valence-corrected chi connectivity index (χ3v) is 4.06. The highest BCUT2D eigenvalue weighted by Crippen LogP contribution is 2.30. The lowest BCUT2D eigenvalue weighted by Gasteiger charge is -2.21. The molecule has 0 aliphatic carbocycles. The molecule has 0 aliphatic heterocycles. The minimum atomic E-state index is -0.344. The van der Waals surface area contributed by atoms with E-state index in [1.807, 2.05) is 30.3 Å². The Balaban J connectivity index is 1.92. The zero-order chi connectivity index (χ0) is 18.4. The summed E-state index contributed by atoms with van der Waals surface area (Å²) in [4.78, 5) is 10.3. The first-order valence-corrected chi connectivity index (χ1v) is 8.37. The molecule has 0 bridgehead atoms. The second-order valence-corrected chi connectivity index (χ2v) is 5.73. The van der Waals surface area contributed by atoms with E-state index in [4.69, 9.17) is 10.2 Å². The summed E-state index contributed by atoms with van der Waals surface area (Å²) in [5.41, 5.74) is 2.11. The molecule has 0 spiro atoms. The van der Waals surface area contributed by atoms with Crippen molar-refractivity contribution in [1.82, 2.24) is 9.97 Å². The second kappa shape index (κ2) is 8.51. The van der Waals surface area contributed by atoms with E-state index in [9.17, 15) is 0 Å². The molecule has 0 aliphatic rings. The van der Waals surface area contributed by atoms with Gasteiger partial charge < -0.3 is 15.1 Å². The molecule has 3 rings (SSSR count). The smallest absolute Gasteiger partial charge is 0.147 e. The van der Waals surface area contributed by atoms with Gasteiger partial charge in [0.1, 0.15) is 11.6 Å². The van der Waals surface area contributed by atoms with Gasteiger partial charge in [0.25, 0.3) is 0 Å². The summed E-state index contributed by atoms with van der Waals surface area (Å²) in [6.07, 6.45) is 3.03. The van der Waals surface area contributed by atoms with Crippen LogP contribution >= 0.6 is 0 Å². The first-order chi connectivity index (χ1) is 12.7. The Labute approximate surface area is 151 Å². The highest BCUT2D eigenvalue weighted by atomic mass is 19.1. The van der Waals surface area contributed by atoms with E-state index in [1.54, 1.807) is 23.1 Å². The van der Waals surface area contributed by atoms with Gasteiger partial charge in [-0.1, -0.05) is 42.5 Å². The monoisotopic (exact) mass is 353 g/mol. The number of aromatic nitrogens is 2. The van der Waals surface area contributed by atoms with Crippen molar-refractivity contribution in [3.8, 4) is 22.4 Å². The predicted octanol–water partition coefficient (Wildman–Crippen LogP) is 2.74. The van der Waals surface area contributed by atoms with Gasteiger partial charge in [-0.15, -0.1) is 0 Å². The average molecular weight is 353 g/mol. The summed E-state index contributed by atoms with van der Waals surface area (Å²) >= 11 is 0. The van der Waals surface area contributed by atoms with Crippen molar-refractivity contribution in [2.75, 3.05) is 31.2 Å². The summed E-state index contributed by atoms with van der Waals surface area (Å²) in [5, 5.41) is 18.2. The minimum absolute atomic E-state index is 0.0584. The third-order valence-electron chi connectivity index (χ3n) is 4.06. The Hall–Kier alpha value is -2.83. The van der Waals surface area contributed by atoms with Crippen LogP contribution in [0.15, 0.2) is 60.9 Å². The Morgan fingerprint density at radius 2 is 1.50 bits per heavy atom. The minimum Gasteiger partial charge on any atom is -0.395 e. The summed E-state index contributed by atoms with van der Waals surface area (Å²) in [6.45, 7) is 0.563. The van der Waals surface area contributed by atoms with Crippen LogP contribution < -0.4 is 4.90 Å². The van der Waals surface area contributed by atoms with Gasteiger partial charge >= 0.3 is 0 Å². The summed E-state index contributed by atoms with van der Waals surface area (Å²) < 4.78 is 15.0. The van der Waals surface area contributed by atoms with Gasteiger partial charge in [-0.25, -0.2) is 9.37 Å². The van der Waals surface area contributed by atoms with Gasteiger partial charge in [0.05, 0.1) is 31.3 Å². The molecule has 0 amide bonds. The Bertz CT molecular complexity index is 835. The molecule has 1 heterocycles. The van der Waals surface area contributed by atoms with Gasteiger partial charge in [-0.2, -0.15) is 0 Å². The predicted molar refractivity (Wildman–Crippen MR) is 99.2 cm³/mol. The van der Waals surface area contributed by atoms with Crippen LogP contribution in [0.3, 0.4) is 0 Å². The maximum atomic E-state index is 15.0. The number of hydrogen-bond donors (Lipinski definition) is 2. The standard InChI is InChI=1S/C20H20FN3O2/c21-20-16(15-5-2-1-3-6-15)7-4-8-17(20)18-13-23-19(14-22-18)24(9-11-25)10-12-26/h1-8,13-14,25-26H,9-12H2. The molecule has 5 nitrogen and oxygen atoms in total. The Morgan fingerprint density at radius 3 is 2.12 bits per heavy atom. The lowest BCUT2D eigenvalue weighted by atomic mass is 10.0. The van der Waals surface area contributed by atoms with Crippen molar-refractivity contribution in [2.45, 2.75) is 0 Å². The average Bonchev–Trinajstić information content (AvgIpc) is 2.69. The fourth-order valence-electron chi connectivity index (χ4n) is 2.78. The number of aliphatic hydroxyl groups excluding tert-OH is 2. The molecule has 0 fully saturated rings. The van der Waals surface area contributed by atoms with Crippen molar-refractivity contribution in [3.05, 3.63) is 66.7 Å². The Morgan fingerprint density at radius 1 is 0.808 bits per heavy atom. The van der Waals surface area contributed by atoms with Crippen molar-refractivity contribution in [1.29, 1.82) is 0 Å². The molecule has 0 saturated carbocycles. The van der Waals surface area contributed by atoms with E-state index in [0.29, 0.717) is 35.7 Å². The van der Waals surface area contributed by atoms with Gasteiger partial charge in [0.15, 0.2) is 0 Å². The van der Waals surface area contributed by atoms with Gasteiger partial charge in [0.2, 0.25) is 0 Å². The molecule has 0 atom stereocenters. The molecular weight excluding hydrogens is 333 g/mol. The van der Waals surface area contributed by atoms with Gasteiger partial charge in [-0.3, -0.25) is 4.98 Å². The lowest BCUT2D eigenvalue weighted by Crippen LogP contribution is -2.30. The molecule has 0 saturated heterocycles. The van der Waals surface area contributed by atoms with Crippen LogP contribution in [0.4, 0.5) is 10.2 Å². The first-order valence-electron chi connectivity index (χ1n) is 8.37. The number of rotatable bonds is 7. The fraction of sp³-hybridized carbons (Fsp3) is 0.200. The summed E-state index contributed by atoms with van der Waals surface area (Å²) in [7, 11) is 0. The van der Waals surface area contributed by atoms with Gasteiger partial charge in [-0.05, 0) is 11.6 Å². The maximum absolute atomic E-state index is 15.0. The van der Waals surface area contributed by atoms with Crippen LogP contribution in [0.2, 0.25) is 0 Å². The van der Waals surface area contributed by atoms with Crippen LogP contribution in [0.1, 0.15) is 0 Å². The van der Waals surface area contributed by atoms with Crippen LogP contribution in [0.5, 0.6) is 0 Å². The largest absolute Gasteiger partial charge is 0.395 e. The molecule has 3 aromatic rings. The number of hydrogen-bond acceptors (Lipinski definition) is 5. The molecule has 2 aromatic carbocycles. The summed E-state index contributed by atoms with van der Waals surface area (Å²) in [5.74, 6) is 0.180. The van der Waals surface area contributed by atoms with Gasteiger partial charge in [0, 0.05) is 24.2 Å². The van der Waals surface area contributed by atoms with Crippen LogP contribution in [-0.2, 0) is 0 Å². The highest BCUT2D eigenvalue weighted by Gasteiger charge is 2.14. The quantitative estimate of drug-likeness (QED) is 0.684. The van der Waals surface area contributed by atoms with E-state index < -0.39 is 0 Å². The summed E-state index contributed by atoms with van der Waals surface area (Å²) in [6, 6.07) is 14.5. The third kappa shape index (κ3) is 3.87. The molecule has 26 heavy (non-hydrogen) atoms. The van der Waals surface area contributed by atoms with Crippen molar-refractivity contribution < 1.29 is 14.6 Å². The number of anilines is 1. The number of nitrogens with zero attached hydrogens (tertiary/aromatic N) is 3. The van der Waals surface area contributed by atoms with Crippen LogP contribution in [0.25, 0.3) is 22.4 Å². The zero-order valence-corrected chi connectivity index (χ0v) is 14.2. The first kappa shape index (κ1) is 18.0. The molecule has 0 unspecified atom stereocenters. The molecular formula is C20H20FN3O2. The number of aliphatic hydroxyl groups is 2. The highest BCUT2D eigenvalue weighted by molar-refractivity contribution is 5.72. The SMILES string of the molecule is OCCN(CCO)c1cnc(-c2cccc(-c3ccccc3)c2F)cn1. The van der Waals surface area contributed by atoms with E-state index in [-0.39, 0.29) is 19.0 Å². The van der Waals surface area contributed by atoms with Crippen molar-refractivity contribution >= 4 is 5.82 Å². The maximum Gasteiger partial charge on any atom is 0.147 e. The van der Waals surface area contributed by atoms with E-state index >= 15 is 4.39 Å². The topological polar surface area (TPSA) is 69.5 Å². The number of halogens is 1. The van der Waals surface area contributed by atoms with E-state index in [1.165, 1.54) is 12.4 Å². The molecule has 1 aromatic heterocycles. The van der Waals surface area contributed by atoms with Crippen molar-refractivity contribution in [2.24, 2.45) is 0 Å². The number of benzene rings is 2.